The van der Waals surface area contributed by atoms with E-state index in [-0.39, 0.29) is 5.82 Å². The standard InChI is InChI=1S/C13H18FN5/c1-10(2)7-15-8-13-16-17-18-19(13)9-11-5-3-4-6-12(11)14/h3-6,10,15H,7-9H2,1-2H3. The second-order valence-corrected chi connectivity index (χ2v) is 4.87. The summed E-state index contributed by atoms with van der Waals surface area (Å²) < 4.78 is 15.2. The number of benzene rings is 1. The minimum Gasteiger partial charge on any atom is -0.310 e. The molecular weight excluding hydrogens is 245 g/mol. The lowest BCUT2D eigenvalue weighted by Gasteiger charge is -2.08. The highest BCUT2D eigenvalue weighted by Gasteiger charge is 2.09. The molecule has 1 N–H and O–H groups in total. The third kappa shape index (κ3) is 3.82. The van der Waals surface area contributed by atoms with Crippen molar-refractivity contribution in [2.75, 3.05) is 6.54 Å². The highest BCUT2D eigenvalue weighted by molar-refractivity contribution is 5.17. The summed E-state index contributed by atoms with van der Waals surface area (Å²) in [5.41, 5.74) is 0.583. The van der Waals surface area contributed by atoms with E-state index >= 15 is 0 Å². The zero-order valence-corrected chi connectivity index (χ0v) is 11.2. The first kappa shape index (κ1) is 13.6. The first-order valence-corrected chi connectivity index (χ1v) is 6.36. The van der Waals surface area contributed by atoms with Gasteiger partial charge in [0.15, 0.2) is 5.82 Å². The van der Waals surface area contributed by atoms with Gasteiger partial charge in [0.1, 0.15) is 5.82 Å². The van der Waals surface area contributed by atoms with Crippen molar-refractivity contribution in [3.63, 3.8) is 0 Å². The van der Waals surface area contributed by atoms with Crippen LogP contribution in [0, 0.1) is 11.7 Å². The molecule has 0 saturated carbocycles. The quantitative estimate of drug-likeness (QED) is 0.860. The van der Waals surface area contributed by atoms with Crippen molar-refractivity contribution < 1.29 is 4.39 Å². The molecule has 0 fully saturated rings. The summed E-state index contributed by atoms with van der Waals surface area (Å²) in [5, 5.41) is 14.8. The summed E-state index contributed by atoms with van der Waals surface area (Å²) in [6.07, 6.45) is 0. The van der Waals surface area contributed by atoms with Gasteiger partial charge in [0, 0.05) is 5.56 Å². The lowest BCUT2D eigenvalue weighted by atomic mass is 10.2. The SMILES string of the molecule is CC(C)CNCc1nnnn1Cc1ccccc1F. The second kappa shape index (κ2) is 6.38. The lowest BCUT2D eigenvalue weighted by Crippen LogP contribution is -2.22. The Morgan fingerprint density at radius 1 is 1.32 bits per heavy atom. The van der Waals surface area contributed by atoms with Crippen LogP contribution in [0.15, 0.2) is 24.3 Å². The monoisotopic (exact) mass is 263 g/mol. The molecule has 0 radical (unpaired) electrons. The molecule has 19 heavy (non-hydrogen) atoms. The van der Waals surface area contributed by atoms with Crippen LogP contribution in [0.25, 0.3) is 0 Å². The predicted molar refractivity (Wildman–Crippen MR) is 69.9 cm³/mol. The lowest BCUT2D eigenvalue weighted by molar-refractivity contribution is 0.517. The van der Waals surface area contributed by atoms with Gasteiger partial charge in [-0.05, 0) is 29.0 Å². The average Bonchev–Trinajstić information content (AvgIpc) is 2.79. The second-order valence-electron chi connectivity index (χ2n) is 4.87. The van der Waals surface area contributed by atoms with E-state index in [0.717, 1.165) is 6.54 Å². The van der Waals surface area contributed by atoms with E-state index in [1.807, 2.05) is 0 Å². The van der Waals surface area contributed by atoms with Crippen LogP contribution in [0.3, 0.4) is 0 Å². The van der Waals surface area contributed by atoms with Gasteiger partial charge in [-0.2, -0.15) is 0 Å². The van der Waals surface area contributed by atoms with Crippen LogP contribution < -0.4 is 5.32 Å². The Morgan fingerprint density at radius 3 is 2.84 bits per heavy atom. The van der Waals surface area contributed by atoms with Crippen molar-refractivity contribution in [1.82, 2.24) is 25.5 Å². The molecule has 0 aliphatic carbocycles. The summed E-state index contributed by atoms with van der Waals surface area (Å²) in [4.78, 5) is 0. The van der Waals surface area contributed by atoms with Gasteiger partial charge >= 0.3 is 0 Å². The first-order chi connectivity index (χ1) is 9.16. The zero-order chi connectivity index (χ0) is 13.7. The van der Waals surface area contributed by atoms with Crippen LogP contribution in [0.5, 0.6) is 0 Å². The fraction of sp³-hybridized carbons (Fsp3) is 0.462. The Bertz CT molecular complexity index is 523. The average molecular weight is 263 g/mol. The van der Waals surface area contributed by atoms with E-state index in [1.54, 1.807) is 22.9 Å². The maximum Gasteiger partial charge on any atom is 0.165 e. The summed E-state index contributed by atoms with van der Waals surface area (Å²) >= 11 is 0. The Hall–Kier alpha value is -1.82. The first-order valence-electron chi connectivity index (χ1n) is 6.36. The summed E-state index contributed by atoms with van der Waals surface area (Å²) in [5.74, 6) is 1.04. The molecule has 0 aliphatic heterocycles. The zero-order valence-electron chi connectivity index (χ0n) is 11.2. The van der Waals surface area contributed by atoms with Gasteiger partial charge in [-0.25, -0.2) is 9.07 Å². The van der Waals surface area contributed by atoms with Crippen molar-refractivity contribution in [3.05, 3.63) is 41.5 Å². The molecular formula is C13H18FN5. The van der Waals surface area contributed by atoms with E-state index in [9.17, 15) is 4.39 Å². The topological polar surface area (TPSA) is 55.6 Å². The molecule has 102 valence electrons. The largest absolute Gasteiger partial charge is 0.310 e. The van der Waals surface area contributed by atoms with Gasteiger partial charge in [0.2, 0.25) is 0 Å². The number of hydrogen-bond donors (Lipinski definition) is 1. The summed E-state index contributed by atoms with van der Waals surface area (Å²) in [6.45, 7) is 6.09. The summed E-state index contributed by atoms with van der Waals surface area (Å²) in [6, 6.07) is 6.65. The van der Waals surface area contributed by atoms with E-state index in [1.165, 1.54) is 6.07 Å². The molecule has 0 saturated heterocycles. The third-order valence-electron chi connectivity index (χ3n) is 2.72. The number of nitrogens with zero attached hydrogens (tertiary/aromatic N) is 4. The van der Waals surface area contributed by atoms with Gasteiger partial charge in [0.25, 0.3) is 0 Å². The molecule has 6 heteroatoms. The van der Waals surface area contributed by atoms with E-state index in [0.29, 0.717) is 30.4 Å². The normalized spacial score (nSPS) is 11.2. The molecule has 1 aromatic carbocycles. The fourth-order valence-electron chi connectivity index (χ4n) is 1.73. The smallest absolute Gasteiger partial charge is 0.165 e. The Kier molecular flexibility index (Phi) is 4.57. The molecule has 0 unspecified atom stereocenters. The van der Waals surface area contributed by atoms with Gasteiger partial charge in [0.05, 0.1) is 13.1 Å². The molecule has 0 bridgehead atoms. The predicted octanol–water partition coefficient (Wildman–Crippen LogP) is 1.61. The number of nitrogens with one attached hydrogen (secondary N) is 1. The molecule has 0 atom stereocenters. The number of rotatable bonds is 6. The van der Waals surface area contributed by atoms with E-state index < -0.39 is 0 Å². The van der Waals surface area contributed by atoms with E-state index in [2.05, 4.69) is 34.7 Å². The van der Waals surface area contributed by atoms with Crippen LogP contribution in [0.4, 0.5) is 4.39 Å². The van der Waals surface area contributed by atoms with Crippen LogP contribution >= 0.6 is 0 Å². The van der Waals surface area contributed by atoms with E-state index in [4.69, 9.17) is 0 Å². The Morgan fingerprint density at radius 2 is 2.11 bits per heavy atom. The number of aromatic nitrogens is 4. The maximum absolute atomic E-state index is 13.6. The summed E-state index contributed by atoms with van der Waals surface area (Å²) in [7, 11) is 0. The molecule has 1 aromatic heterocycles. The molecule has 0 amide bonds. The molecule has 2 rings (SSSR count). The van der Waals surface area contributed by atoms with Gasteiger partial charge in [-0.1, -0.05) is 32.0 Å². The van der Waals surface area contributed by atoms with Gasteiger partial charge in [-0.15, -0.1) is 5.10 Å². The molecule has 2 aromatic rings. The fourth-order valence-corrected chi connectivity index (χ4v) is 1.73. The van der Waals surface area contributed by atoms with Crippen molar-refractivity contribution >= 4 is 0 Å². The van der Waals surface area contributed by atoms with Gasteiger partial charge < -0.3 is 5.32 Å². The molecule has 0 spiro atoms. The highest BCUT2D eigenvalue weighted by Crippen LogP contribution is 2.08. The third-order valence-corrected chi connectivity index (χ3v) is 2.72. The molecule has 1 heterocycles. The Labute approximate surface area is 111 Å². The van der Waals surface area contributed by atoms with Crippen molar-refractivity contribution in [3.8, 4) is 0 Å². The number of hydrogen-bond acceptors (Lipinski definition) is 4. The number of halogens is 1. The van der Waals surface area contributed by atoms with Crippen molar-refractivity contribution in [1.29, 1.82) is 0 Å². The van der Waals surface area contributed by atoms with Gasteiger partial charge in [-0.3, -0.25) is 0 Å². The highest BCUT2D eigenvalue weighted by atomic mass is 19.1. The Balaban J connectivity index is 2.01. The number of tetrazole rings is 1. The molecule has 5 nitrogen and oxygen atoms in total. The van der Waals surface area contributed by atoms with Crippen molar-refractivity contribution in [2.24, 2.45) is 5.92 Å². The van der Waals surface area contributed by atoms with Crippen LogP contribution in [-0.4, -0.2) is 26.8 Å². The minimum absolute atomic E-state index is 0.237. The van der Waals surface area contributed by atoms with Crippen LogP contribution in [0.1, 0.15) is 25.2 Å². The molecule has 0 aliphatic rings. The van der Waals surface area contributed by atoms with Crippen LogP contribution in [0.2, 0.25) is 0 Å². The minimum atomic E-state index is -0.237. The van der Waals surface area contributed by atoms with Crippen molar-refractivity contribution in [2.45, 2.75) is 26.9 Å². The van der Waals surface area contributed by atoms with Crippen LogP contribution in [-0.2, 0) is 13.1 Å². The maximum atomic E-state index is 13.6.